The van der Waals surface area contributed by atoms with Crippen molar-refractivity contribution in [2.24, 2.45) is 0 Å². The Labute approximate surface area is 157 Å². The van der Waals surface area contributed by atoms with Gasteiger partial charge >= 0.3 is 12.1 Å². The lowest BCUT2D eigenvalue weighted by Crippen LogP contribution is -2.10. The molecule has 3 rings (SSSR count). The fourth-order valence-corrected chi connectivity index (χ4v) is 2.75. The van der Waals surface area contributed by atoms with Crippen molar-refractivity contribution in [3.05, 3.63) is 64.8 Å². The van der Waals surface area contributed by atoms with E-state index in [0.29, 0.717) is 16.1 Å². The molecule has 1 heterocycles. The van der Waals surface area contributed by atoms with E-state index in [-0.39, 0.29) is 23.4 Å². The fourth-order valence-electron chi connectivity index (χ4n) is 2.57. The fraction of sp³-hybridized carbons (Fsp3) is 0.158. The van der Waals surface area contributed by atoms with Crippen LogP contribution < -0.4 is 5.32 Å². The summed E-state index contributed by atoms with van der Waals surface area (Å²) in [5.74, 6) is -0.638. The number of carbonyl (C=O) groups excluding carboxylic acids is 1. The molecule has 0 unspecified atom stereocenters. The zero-order valence-electron chi connectivity index (χ0n) is 14.1. The number of hydrogen-bond donors (Lipinski definition) is 1. The number of para-hydroxylation sites is 1. The number of rotatable bonds is 4. The van der Waals surface area contributed by atoms with Gasteiger partial charge in [-0.25, -0.2) is 4.79 Å². The summed E-state index contributed by atoms with van der Waals surface area (Å²) >= 11 is 6.16. The first-order valence-electron chi connectivity index (χ1n) is 8.00. The second kappa shape index (κ2) is 7.44. The second-order valence-corrected chi connectivity index (χ2v) is 6.01. The normalized spacial score (nSPS) is 11.4. The van der Waals surface area contributed by atoms with Crippen molar-refractivity contribution in [3.8, 4) is 0 Å². The molecule has 0 amide bonds. The number of carbonyl (C=O) groups is 1. The van der Waals surface area contributed by atoms with Gasteiger partial charge in [0.25, 0.3) is 0 Å². The van der Waals surface area contributed by atoms with Gasteiger partial charge in [0.15, 0.2) is 0 Å². The van der Waals surface area contributed by atoms with Gasteiger partial charge in [-0.15, -0.1) is 0 Å². The molecule has 0 spiro atoms. The summed E-state index contributed by atoms with van der Waals surface area (Å²) in [6, 6.07) is 9.96. The highest BCUT2D eigenvalue weighted by atomic mass is 35.5. The van der Waals surface area contributed by atoms with Crippen molar-refractivity contribution in [2.75, 3.05) is 11.9 Å². The molecule has 1 aromatic heterocycles. The molecule has 0 bridgehead atoms. The maximum absolute atomic E-state index is 13.0. The zero-order chi connectivity index (χ0) is 19.6. The molecule has 0 aliphatic heterocycles. The number of anilines is 2. The molecule has 4 nitrogen and oxygen atoms in total. The second-order valence-electron chi connectivity index (χ2n) is 5.60. The molecule has 0 saturated heterocycles. The highest BCUT2D eigenvalue weighted by Crippen LogP contribution is 2.36. The number of hydrogen-bond acceptors (Lipinski definition) is 4. The largest absolute Gasteiger partial charge is 0.462 e. The third-order valence-corrected chi connectivity index (χ3v) is 4.15. The number of aromatic nitrogens is 1. The number of nitrogens with zero attached hydrogens (tertiary/aromatic N) is 1. The molecule has 0 aliphatic rings. The van der Waals surface area contributed by atoms with Gasteiger partial charge < -0.3 is 10.1 Å². The predicted molar refractivity (Wildman–Crippen MR) is 97.4 cm³/mol. The lowest BCUT2D eigenvalue weighted by Gasteiger charge is -2.16. The molecular weight excluding hydrogens is 381 g/mol. The Bertz CT molecular complexity index is 1010. The molecule has 1 N–H and O–H groups in total. The summed E-state index contributed by atoms with van der Waals surface area (Å²) in [5.41, 5.74) is 0.143. The van der Waals surface area contributed by atoms with E-state index in [2.05, 4.69) is 10.3 Å². The first kappa shape index (κ1) is 19.0. The standard InChI is InChI=1S/C19H14ClF3N2O2/c1-2-27-18(26)13-10-24-16-9-11(19(21,22)23)7-8-12(16)17(13)25-15-6-4-3-5-14(15)20/h3-10H,2H2,1H3,(H,24,25). The smallest absolute Gasteiger partial charge is 0.416 e. The number of benzene rings is 2. The van der Waals surface area contributed by atoms with Crippen LogP contribution in [0.5, 0.6) is 0 Å². The van der Waals surface area contributed by atoms with Gasteiger partial charge in [-0.2, -0.15) is 13.2 Å². The number of fused-ring (bicyclic) bond motifs is 1. The topological polar surface area (TPSA) is 51.2 Å². The molecule has 0 fully saturated rings. The van der Waals surface area contributed by atoms with Crippen molar-refractivity contribution in [1.82, 2.24) is 4.98 Å². The van der Waals surface area contributed by atoms with E-state index in [4.69, 9.17) is 16.3 Å². The average molecular weight is 395 g/mol. The van der Waals surface area contributed by atoms with E-state index in [0.717, 1.165) is 12.1 Å². The summed E-state index contributed by atoms with van der Waals surface area (Å²) in [6.45, 7) is 1.80. The highest BCUT2D eigenvalue weighted by molar-refractivity contribution is 6.33. The van der Waals surface area contributed by atoms with Gasteiger partial charge in [0.2, 0.25) is 0 Å². The number of pyridine rings is 1. The van der Waals surface area contributed by atoms with E-state index in [9.17, 15) is 18.0 Å². The molecule has 2 aromatic carbocycles. The molecule has 27 heavy (non-hydrogen) atoms. The lowest BCUT2D eigenvalue weighted by molar-refractivity contribution is -0.137. The van der Waals surface area contributed by atoms with Crippen LogP contribution in [0.3, 0.4) is 0 Å². The molecule has 0 atom stereocenters. The first-order valence-corrected chi connectivity index (χ1v) is 8.37. The van der Waals surface area contributed by atoms with Crippen LogP contribution in [-0.4, -0.2) is 17.6 Å². The van der Waals surface area contributed by atoms with Crippen LogP contribution in [0.4, 0.5) is 24.5 Å². The van der Waals surface area contributed by atoms with E-state index >= 15 is 0 Å². The Morgan fingerprint density at radius 1 is 1.22 bits per heavy atom. The Balaban J connectivity index is 2.19. The first-order chi connectivity index (χ1) is 12.8. The molecule has 8 heteroatoms. The molecular formula is C19H14ClF3N2O2. The number of alkyl halides is 3. The minimum absolute atomic E-state index is 0.0902. The van der Waals surface area contributed by atoms with Gasteiger partial charge in [-0.3, -0.25) is 4.98 Å². The number of nitrogens with one attached hydrogen (secondary N) is 1. The third kappa shape index (κ3) is 3.98. The highest BCUT2D eigenvalue weighted by Gasteiger charge is 2.31. The van der Waals surface area contributed by atoms with Crippen LogP contribution in [0.25, 0.3) is 10.9 Å². The lowest BCUT2D eigenvalue weighted by atomic mass is 10.1. The average Bonchev–Trinajstić information content (AvgIpc) is 2.62. The van der Waals surface area contributed by atoms with E-state index in [1.165, 1.54) is 12.3 Å². The quantitative estimate of drug-likeness (QED) is 0.566. The summed E-state index contributed by atoms with van der Waals surface area (Å²) in [5, 5.41) is 3.76. The van der Waals surface area contributed by atoms with Gasteiger partial charge in [-0.05, 0) is 31.2 Å². The Morgan fingerprint density at radius 2 is 1.96 bits per heavy atom. The monoisotopic (exact) mass is 394 g/mol. The number of esters is 1. The van der Waals surface area contributed by atoms with Crippen LogP contribution in [0.15, 0.2) is 48.7 Å². The van der Waals surface area contributed by atoms with Crippen LogP contribution >= 0.6 is 11.6 Å². The van der Waals surface area contributed by atoms with Crippen LogP contribution in [-0.2, 0) is 10.9 Å². The maximum Gasteiger partial charge on any atom is 0.416 e. The maximum atomic E-state index is 13.0. The minimum atomic E-state index is -4.49. The third-order valence-electron chi connectivity index (χ3n) is 3.83. The van der Waals surface area contributed by atoms with E-state index in [1.54, 1.807) is 31.2 Å². The van der Waals surface area contributed by atoms with E-state index in [1.807, 2.05) is 0 Å². The minimum Gasteiger partial charge on any atom is -0.462 e. The summed E-state index contributed by atoms with van der Waals surface area (Å²) in [7, 11) is 0. The summed E-state index contributed by atoms with van der Waals surface area (Å²) in [6.07, 6.45) is -3.30. The SMILES string of the molecule is CCOC(=O)c1cnc2cc(C(F)(F)F)ccc2c1Nc1ccccc1Cl. The summed E-state index contributed by atoms with van der Waals surface area (Å²) < 4.78 is 44.0. The molecule has 140 valence electrons. The Kier molecular flexibility index (Phi) is 5.23. The summed E-state index contributed by atoms with van der Waals surface area (Å²) in [4.78, 5) is 16.3. The van der Waals surface area contributed by atoms with Crippen molar-refractivity contribution >= 4 is 39.8 Å². The molecule has 0 radical (unpaired) electrons. The van der Waals surface area contributed by atoms with Crippen LogP contribution in [0, 0.1) is 0 Å². The van der Waals surface area contributed by atoms with Gasteiger partial charge in [0, 0.05) is 11.6 Å². The zero-order valence-corrected chi connectivity index (χ0v) is 14.9. The van der Waals surface area contributed by atoms with Crippen LogP contribution in [0.2, 0.25) is 5.02 Å². The Morgan fingerprint density at radius 3 is 2.63 bits per heavy atom. The van der Waals surface area contributed by atoms with Gasteiger partial charge in [-0.1, -0.05) is 29.8 Å². The molecule has 3 aromatic rings. The molecule has 0 saturated carbocycles. The van der Waals surface area contributed by atoms with E-state index < -0.39 is 17.7 Å². The number of ether oxygens (including phenoxy) is 1. The predicted octanol–water partition coefficient (Wildman–Crippen LogP) is 5.83. The van der Waals surface area contributed by atoms with Crippen molar-refractivity contribution in [2.45, 2.75) is 13.1 Å². The number of halogens is 4. The van der Waals surface area contributed by atoms with Crippen molar-refractivity contribution in [1.29, 1.82) is 0 Å². The van der Waals surface area contributed by atoms with Crippen LogP contribution in [0.1, 0.15) is 22.8 Å². The van der Waals surface area contributed by atoms with Gasteiger partial charge in [0.1, 0.15) is 5.56 Å². The van der Waals surface area contributed by atoms with Gasteiger partial charge in [0.05, 0.1) is 34.1 Å². The van der Waals surface area contributed by atoms with Crippen molar-refractivity contribution < 1.29 is 22.7 Å². The Hall–Kier alpha value is -2.80. The van der Waals surface area contributed by atoms with Crippen molar-refractivity contribution in [3.63, 3.8) is 0 Å². The molecule has 0 aliphatic carbocycles.